The highest BCUT2D eigenvalue weighted by molar-refractivity contribution is 5.54. The lowest BCUT2D eigenvalue weighted by atomic mass is 10.1. The maximum atomic E-state index is 5.16. The van der Waals surface area contributed by atoms with Gasteiger partial charge in [-0.1, -0.05) is 32.6 Å². The summed E-state index contributed by atoms with van der Waals surface area (Å²) in [6.45, 7) is 8.72. The van der Waals surface area contributed by atoms with Crippen molar-refractivity contribution in [1.29, 1.82) is 0 Å². The Morgan fingerprint density at radius 2 is 1.94 bits per heavy atom. The zero-order valence-corrected chi connectivity index (χ0v) is 11.1. The van der Waals surface area contributed by atoms with E-state index in [0.717, 1.165) is 17.9 Å². The van der Waals surface area contributed by atoms with Crippen molar-refractivity contribution < 1.29 is 4.74 Å². The maximum absolute atomic E-state index is 5.16. The van der Waals surface area contributed by atoms with Crippen LogP contribution in [0.4, 0.5) is 0 Å². The summed E-state index contributed by atoms with van der Waals surface area (Å²) in [6.07, 6.45) is 1.86. The summed E-state index contributed by atoms with van der Waals surface area (Å²) in [6, 6.07) is 6.06. The van der Waals surface area contributed by atoms with Gasteiger partial charge in [-0.25, -0.2) is 0 Å². The molecular formula is C14H23NO. The molecule has 1 rings (SSSR count). The van der Waals surface area contributed by atoms with Gasteiger partial charge in [0.2, 0.25) is 0 Å². The highest BCUT2D eigenvalue weighted by Crippen LogP contribution is 2.19. The third kappa shape index (κ3) is 4.49. The Morgan fingerprint density at radius 1 is 1.31 bits per heavy atom. The number of hydrogen-bond acceptors (Lipinski definition) is 2. The lowest BCUT2D eigenvalue weighted by Crippen LogP contribution is -2.11. The largest absolute Gasteiger partial charge is 0.497 e. The minimum atomic E-state index is 0.877. The Labute approximate surface area is 99.5 Å². The Bertz CT molecular complexity index is 319. The molecule has 0 bridgehead atoms. The first kappa shape index (κ1) is 14.7. The zero-order valence-electron chi connectivity index (χ0n) is 11.1. The van der Waals surface area contributed by atoms with E-state index in [1.807, 2.05) is 32.1 Å². The molecule has 0 saturated carbocycles. The third-order valence-corrected chi connectivity index (χ3v) is 2.06. The second-order valence-electron chi connectivity index (χ2n) is 3.51. The quantitative estimate of drug-likeness (QED) is 0.772. The Balaban J connectivity index is 0.00000106. The maximum Gasteiger partial charge on any atom is 0.119 e. The van der Waals surface area contributed by atoms with Crippen molar-refractivity contribution in [2.24, 2.45) is 0 Å². The predicted octanol–water partition coefficient (Wildman–Crippen LogP) is 3.43. The zero-order chi connectivity index (χ0) is 12.6. The molecule has 1 aromatic carbocycles. The van der Waals surface area contributed by atoms with E-state index in [1.165, 1.54) is 5.56 Å². The standard InChI is InChI=1S/C12H17NO.C2H6/c1-5-10-8-12(14-4)7-6-11(10)9-13(2)3;1-2/h5-8H,1,9H2,2-4H3;1-2H3. The van der Waals surface area contributed by atoms with Crippen LogP contribution in [0.1, 0.15) is 25.0 Å². The van der Waals surface area contributed by atoms with Crippen molar-refractivity contribution in [2.45, 2.75) is 20.4 Å². The van der Waals surface area contributed by atoms with Crippen LogP contribution in [0.3, 0.4) is 0 Å². The molecule has 0 atom stereocenters. The van der Waals surface area contributed by atoms with E-state index in [9.17, 15) is 0 Å². The first-order valence-corrected chi connectivity index (χ1v) is 5.61. The monoisotopic (exact) mass is 221 g/mol. The number of methoxy groups -OCH3 is 1. The summed E-state index contributed by atoms with van der Waals surface area (Å²) in [5.41, 5.74) is 2.41. The second-order valence-corrected chi connectivity index (χ2v) is 3.51. The second kappa shape index (κ2) is 7.94. The van der Waals surface area contributed by atoms with Gasteiger partial charge >= 0.3 is 0 Å². The first-order valence-electron chi connectivity index (χ1n) is 5.61. The number of rotatable bonds is 4. The molecule has 0 aliphatic rings. The fraction of sp³-hybridized carbons (Fsp3) is 0.429. The molecule has 0 radical (unpaired) electrons. The van der Waals surface area contributed by atoms with Crippen LogP contribution in [0.5, 0.6) is 5.75 Å². The van der Waals surface area contributed by atoms with Crippen LogP contribution in [0.25, 0.3) is 6.08 Å². The Hall–Kier alpha value is -1.28. The molecule has 0 fully saturated rings. The molecule has 0 aliphatic heterocycles. The topological polar surface area (TPSA) is 12.5 Å². The van der Waals surface area contributed by atoms with Crippen molar-refractivity contribution in [3.63, 3.8) is 0 Å². The van der Waals surface area contributed by atoms with Crippen molar-refractivity contribution in [2.75, 3.05) is 21.2 Å². The molecule has 2 nitrogen and oxygen atoms in total. The Kier molecular flexibility index (Phi) is 7.31. The summed E-state index contributed by atoms with van der Waals surface area (Å²) in [5, 5.41) is 0. The molecule has 0 heterocycles. The normalized spacial score (nSPS) is 9.38. The van der Waals surface area contributed by atoms with Crippen LogP contribution in [0.2, 0.25) is 0 Å². The van der Waals surface area contributed by atoms with Gasteiger partial charge in [0, 0.05) is 6.54 Å². The number of hydrogen-bond donors (Lipinski definition) is 0. The van der Waals surface area contributed by atoms with E-state index in [2.05, 4.69) is 31.6 Å². The van der Waals surface area contributed by atoms with Crippen molar-refractivity contribution in [3.8, 4) is 5.75 Å². The van der Waals surface area contributed by atoms with Gasteiger partial charge in [0.1, 0.15) is 5.75 Å². The molecule has 0 unspecified atom stereocenters. The van der Waals surface area contributed by atoms with Gasteiger partial charge in [0.25, 0.3) is 0 Å². The lowest BCUT2D eigenvalue weighted by molar-refractivity contribution is 0.399. The molecule has 0 aliphatic carbocycles. The van der Waals surface area contributed by atoms with Crippen molar-refractivity contribution in [3.05, 3.63) is 35.9 Å². The van der Waals surface area contributed by atoms with E-state index in [0.29, 0.717) is 0 Å². The highest BCUT2D eigenvalue weighted by atomic mass is 16.5. The van der Waals surface area contributed by atoms with E-state index in [-0.39, 0.29) is 0 Å². The smallest absolute Gasteiger partial charge is 0.119 e. The summed E-state index contributed by atoms with van der Waals surface area (Å²) >= 11 is 0. The Morgan fingerprint density at radius 3 is 2.38 bits per heavy atom. The van der Waals surface area contributed by atoms with Gasteiger partial charge in [-0.05, 0) is 37.4 Å². The van der Waals surface area contributed by atoms with Crippen LogP contribution in [0, 0.1) is 0 Å². The molecule has 1 aromatic rings. The van der Waals surface area contributed by atoms with E-state index >= 15 is 0 Å². The van der Waals surface area contributed by atoms with Gasteiger partial charge < -0.3 is 9.64 Å². The molecular weight excluding hydrogens is 198 g/mol. The molecule has 16 heavy (non-hydrogen) atoms. The molecule has 0 N–H and O–H groups in total. The van der Waals surface area contributed by atoms with Gasteiger partial charge in [-0.2, -0.15) is 0 Å². The number of ether oxygens (including phenoxy) is 1. The first-order chi connectivity index (χ1) is 7.67. The van der Waals surface area contributed by atoms with Crippen LogP contribution in [-0.4, -0.2) is 26.1 Å². The number of benzene rings is 1. The molecule has 0 saturated heterocycles. The lowest BCUT2D eigenvalue weighted by Gasteiger charge is -2.13. The number of nitrogens with zero attached hydrogens (tertiary/aromatic N) is 1. The summed E-state index contributed by atoms with van der Waals surface area (Å²) in [5.74, 6) is 0.877. The third-order valence-electron chi connectivity index (χ3n) is 2.06. The minimum absolute atomic E-state index is 0.877. The van der Waals surface area contributed by atoms with E-state index in [4.69, 9.17) is 4.74 Å². The van der Waals surface area contributed by atoms with E-state index < -0.39 is 0 Å². The average Bonchev–Trinajstić information content (AvgIpc) is 2.31. The molecule has 0 amide bonds. The summed E-state index contributed by atoms with van der Waals surface area (Å²) < 4.78 is 5.16. The molecule has 0 spiro atoms. The summed E-state index contributed by atoms with van der Waals surface area (Å²) in [7, 11) is 5.78. The van der Waals surface area contributed by atoms with Gasteiger partial charge in [-0.3, -0.25) is 0 Å². The van der Waals surface area contributed by atoms with Crippen LogP contribution in [-0.2, 0) is 6.54 Å². The van der Waals surface area contributed by atoms with Gasteiger partial charge in [0.05, 0.1) is 7.11 Å². The molecule has 90 valence electrons. The van der Waals surface area contributed by atoms with Gasteiger partial charge in [0.15, 0.2) is 0 Å². The van der Waals surface area contributed by atoms with E-state index in [1.54, 1.807) is 7.11 Å². The predicted molar refractivity (Wildman–Crippen MR) is 71.8 cm³/mol. The SMILES string of the molecule is C=Cc1cc(OC)ccc1CN(C)C.CC. The van der Waals surface area contributed by atoms with Crippen LogP contribution < -0.4 is 4.74 Å². The fourth-order valence-corrected chi connectivity index (χ4v) is 1.37. The van der Waals surface area contributed by atoms with Crippen molar-refractivity contribution >= 4 is 6.08 Å². The van der Waals surface area contributed by atoms with Crippen LogP contribution in [0.15, 0.2) is 24.8 Å². The minimum Gasteiger partial charge on any atom is -0.497 e. The van der Waals surface area contributed by atoms with Gasteiger partial charge in [-0.15, -0.1) is 0 Å². The van der Waals surface area contributed by atoms with Crippen LogP contribution >= 0.6 is 0 Å². The fourth-order valence-electron chi connectivity index (χ4n) is 1.37. The summed E-state index contributed by atoms with van der Waals surface area (Å²) in [4.78, 5) is 2.13. The molecule has 2 heteroatoms. The average molecular weight is 221 g/mol. The highest BCUT2D eigenvalue weighted by Gasteiger charge is 2.02. The van der Waals surface area contributed by atoms with Crippen molar-refractivity contribution in [1.82, 2.24) is 4.90 Å². The molecule has 0 aromatic heterocycles.